The average molecular weight is 332 g/mol. The van der Waals surface area contributed by atoms with Crippen LogP contribution < -0.4 is 0 Å². The minimum Gasteiger partial charge on any atom is -0.370 e. The third-order valence-electron chi connectivity index (χ3n) is 5.72. The van der Waals surface area contributed by atoms with Crippen molar-refractivity contribution >= 4 is 5.70 Å². The molecular formula is C20H33N3O. The number of aromatic nitrogens is 2. The van der Waals surface area contributed by atoms with Crippen molar-refractivity contribution < 1.29 is 4.74 Å². The predicted molar refractivity (Wildman–Crippen MR) is 98.7 cm³/mol. The van der Waals surface area contributed by atoms with Crippen LogP contribution in [-0.2, 0) is 11.2 Å². The molecule has 1 aromatic rings. The van der Waals surface area contributed by atoms with Crippen LogP contribution >= 0.6 is 0 Å². The molecule has 0 N–H and O–H groups in total. The van der Waals surface area contributed by atoms with E-state index in [1.54, 1.807) is 0 Å². The first-order valence-corrected chi connectivity index (χ1v) is 9.75. The molecule has 0 amide bonds. The fourth-order valence-electron chi connectivity index (χ4n) is 4.20. The van der Waals surface area contributed by atoms with Gasteiger partial charge in [-0.1, -0.05) is 39.2 Å². The lowest BCUT2D eigenvalue weighted by Crippen LogP contribution is -2.32. The van der Waals surface area contributed by atoms with Crippen LogP contribution in [0.4, 0.5) is 0 Å². The zero-order chi connectivity index (χ0) is 17.1. The van der Waals surface area contributed by atoms with Crippen LogP contribution in [0.15, 0.2) is 12.9 Å². The first-order valence-electron chi connectivity index (χ1n) is 9.75. The van der Waals surface area contributed by atoms with Crippen molar-refractivity contribution in [1.82, 2.24) is 14.5 Å². The molecule has 2 aliphatic rings. The zero-order valence-electron chi connectivity index (χ0n) is 15.6. The van der Waals surface area contributed by atoms with Crippen LogP contribution in [0.3, 0.4) is 0 Å². The van der Waals surface area contributed by atoms with Crippen molar-refractivity contribution in [3.63, 3.8) is 0 Å². The molecule has 0 radical (unpaired) electrons. The summed E-state index contributed by atoms with van der Waals surface area (Å²) < 4.78 is 8.35. The molecule has 1 aliphatic carbocycles. The van der Waals surface area contributed by atoms with Gasteiger partial charge >= 0.3 is 0 Å². The highest BCUT2D eigenvalue weighted by Crippen LogP contribution is 2.33. The quantitative estimate of drug-likeness (QED) is 0.752. The molecule has 1 saturated heterocycles. The summed E-state index contributed by atoms with van der Waals surface area (Å²) in [6.45, 7) is 8.80. The van der Waals surface area contributed by atoms with Gasteiger partial charge in [-0.15, -0.1) is 0 Å². The summed E-state index contributed by atoms with van der Waals surface area (Å²) in [4.78, 5) is 7.14. The Hall–Kier alpha value is -1.29. The summed E-state index contributed by atoms with van der Waals surface area (Å²) in [6, 6.07) is 0.619. The largest absolute Gasteiger partial charge is 0.370 e. The van der Waals surface area contributed by atoms with Crippen molar-refractivity contribution in [2.45, 2.75) is 90.0 Å². The van der Waals surface area contributed by atoms with Gasteiger partial charge in [0, 0.05) is 18.8 Å². The number of hydrogen-bond donors (Lipinski definition) is 0. The van der Waals surface area contributed by atoms with E-state index in [1.807, 2.05) is 6.33 Å². The Bertz CT molecular complexity index is 559. The lowest BCUT2D eigenvalue weighted by Gasteiger charge is -2.34. The predicted octanol–water partition coefficient (Wildman–Crippen LogP) is 4.77. The smallest absolute Gasteiger partial charge is 0.135 e. The van der Waals surface area contributed by atoms with E-state index in [2.05, 4.69) is 36.9 Å². The number of ether oxygens (including phenoxy) is 1. The second-order valence-electron chi connectivity index (χ2n) is 7.53. The molecule has 2 unspecified atom stereocenters. The molecule has 4 heteroatoms. The maximum atomic E-state index is 6.08. The molecule has 24 heavy (non-hydrogen) atoms. The number of nitrogens with zero attached hydrogens (tertiary/aromatic N) is 3. The second kappa shape index (κ2) is 7.73. The van der Waals surface area contributed by atoms with E-state index in [1.165, 1.54) is 37.8 Å². The summed E-state index contributed by atoms with van der Waals surface area (Å²) in [6.07, 6.45) is 13.4. The lowest BCUT2D eigenvalue weighted by molar-refractivity contribution is 0.00936. The van der Waals surface area contributed by atoms with E-state index >= 15 is 0 Å². The Labute approximate surface area is 146 Å². The van der Waals surface area contributed by atoms with Crippen LogP contribution in [0.1, 0.15) is 82.8 Å². The molecule has 2 heterocycles. The van der Waals surface area contributed by atoms with Crippen molar-refractivity contribution in [2.24, 2.45) is 0 Å². The van der Waals surface area contributed by atoms with E-state index in [0.29, 0.717) is 12.1 Å². The molecule has 1 aliphatic heterocycles. The first kappa shape index (κ1) is 17.5. The summed E-state index contributed by atoms with van der Waals surface area (Å²) >= 11 is 0. The van der Waals surface area contributed by atoms with Gasteiger partial charge in [0.1, 0.15) is 11.9 Å². The van der Waals surface area contributed by atoms with Gasteiger partial charge in [0.05, 0.1) is 18.1 Å². The van der Waals surface area contributed by atoms with Crippen LogP contribution in [-0.4, -0.2) is 33.6 Å². The van der Waals surface area contributed by atoms with Gasteiger partial charge in [-0.25, -0.2) is 4.98 Å². The highest BCUT2D eigenvalue weighted by molar-refractivity contribution is 5.61. The average Bonchev–Trinajstić information content (AvgIpc) is 3.21. The molecule has 2 fully saturated rings. The summed E-state index contributed by atoms with van der Waals surface area (Å²) in [5, 5.41) is 0. The van der Waals surface area contributed by atoms with Crippen molar-refractivity contribution in [3.8, 4) is 0 Å². The van der Waals surface area contributed by atoms with Crippen LogP contribution in [0.2, 0.25) is 0 Å². The third-order valence-corrected chi connectivity index (χ3v) is 5.72. The molecular weight excluding hydrogens is 298 g/mol. The van der Waals surface area contributed by atoms with Gasteiger partial charge in [-0.05, 0) is 39.0 Å². The van der Waals surface area contributed by atoms with Crippen molar-refractivity contribution in [2.75, 3.05) is 7.05 Å². The highest BCUT2D eigenvalue weighted by atomic mass is 16.5. The van der Waals surface area contributed by atoms with Gasteiger partial charge < -0.3 is 14.2 Å². The SMILES string of the molecule is C=C(c1ncn(C2CCC(C)O2)c1CCC)N(C)C1CCCCC1. The molecule has 0 aromatic carbocycles. The Morgan fingerprint density at radius 3 is 2.67 bits per heavy atom. The van der Waals surface area contributed by atoms with Crippen LogP contribution in [0.5, 0.6) is 0 Å². The van der Waals surface area contributed by atoms with Gasteiger partial charge in [0.25, 0.3) is 0 Å². The Morgan fingerprint density at radius 2 is 2.04 bits per heavy atom. The topological polar surface area (TPSA) is 30.3 Å². The van der Waals surface area contributed by atoms with Crippen LogP contribution in [0.25, 0.3) is 5.70 Å². The van der Waals surface area contributed by atoms with Crippen molar-refractivity contribution in [3.05, 3.63) is 24.3 Å². The standard InChI is InChI=1S/C20H33N3O/c1-5-9-18-20(16(3)22(4)17-10-7-6-8-11-17)21-14-23(18)19-13-12-15(2)24-19/h14-15,17,19H,3,5-13H2,1-2,4H3. The van der Waals surface area contributed by atoms with Gasteiger partial charge in [-0.2, -0.15) is 0 Å². The normalized spacial score (nSPS) is 25.1. The zero-order valence-corrected chi connectivity index (χ0v) is 15.6. The molecule has 1 aromatic heterocycles. The van der Waals surface area contributed by atoms with Crippen LogP contribution in [0, 0.1) is 0 Å². The lowest BCUT2D eigenvalue weighted by atomic mass is 9.94. The fourth-order valence-corrected chi connectivity index (χ4v) is 4.20. The molecule has 0 bridgehead atoms. The van der Waals surface area contributed by atoms with E-state index in [9.17, 15) is 0 Å². The minimum atomic E-state index is 0.149. The highest BCUT2D eigenvalue weighted by Gasteiger charge is 2.28. The van der Waals surface area contributed by atoms with Crippen molar-refractivity contribution in [1.29, 1.82) is 0 Å². The molecule has 1 saturated carbocycles. The minimum absolute atomic E-state index is 0.149. The Balaban J connectivity index is 1.81. The van der Waals surface area contributed by atoms with Gasteiger partial charge in [-0.3, -0.25) is 0 Å². The first-order chi connectivity index (χ1) is 11.6. The molecule has 2 atom stereocenters. The van der Waals surface area contributed by atoms with Gasteiger partial charge in [0.2, 0.25) is 0 Å². The fraction of sp³-hybridized carbons (Fsp3) is 0.750. The third kappa shape index (κ3) is 3.53. The summed E-state index contributed by atoms with van der Waals surface area (Å²) in [5.41, 5.74) is 3.45. The maximum Gasteiger partial charge on any atom is 0.135 e. The van der Waals surface area contributed by atoms with E-state index in [4.69, 9.17) is 9.72 Å². The molecule has 4 nitrogen and oxygen atoms in total. The molecule has 134 valence electrons. The molecule has 0 spiro atoms. The monoisotopic (exact) mass is 331 g/mol. The summed E-state index contributed by atoms with van der Waals surface area (Å²) in [7, 11) is 2.20. The van der Waals surface area contributed by atoms with E-state index in [-0.39, 0.29) is 6.23 Å². The summed E-state index contributed by atoms with van der Waals surface area (Å²) in [5.74, 6) is 0. The number of imidazole rings is 1. The Morgan fingerprint density at radius 1 is 1.29 bits per heavy atom. The number of hydrogen-bond acceptors (Lipinski definition) is 3. The van der Waals surface area contributed by atoms with E-state index < -0.39 is 0 Å². The Kier molecular flexibility index (Phi) is 5.65. The van der Waals surface area contributed by atoms with Gasteiger partial charge in [0.15, 0.2) is 0 Å². The molecule has 3 rings (SSSR count). The number of rotatable bonds is 6. The van der Waals surface area contributed by atoms with E-state index in [0.717, 1.165) is 37.1 Å². The second-order valence-corrected chi connectivity index (χ2v) is 7.53. The maximum absolute atomic E-state index is 6.08.